The Labute approximate surface area is 78.2 Å². The van der Waals surface area contributed by atoms with Crippen molar-refractivity contribution in [1.82, 2.24) is 4.90 Å². The molecule has 0 aromatic rings. The highest BCUT2D eigenvalue weighted by Crippen LogP contribution is 2.29. The fourth-order valence-corrected chi connectivity index (χ4v) is 1.72. The van der Waals surface area contributed by atoms with Gasteiger partial charge < -0.3 is 15.1 Å². The second kappa shape index (κ2) is 4.07. The molecule has 1 unspecified atom stereocenters. The molecule has 1 aliphatic rings. The molecule has 0 saturated carbocycles. The molecule has 13 heavy (non-hydrogen) atoms. The molecule has 1 heterocycles. The molecule has 1 saturated heterocycles. The fourth-order valence-electron chi connectivity index (χ4n) is 1.72. The summed E-state index contributed by atoms with van der Waals surface area (Å²) >= 11 is 0. The van der Waals surface area contributed by atoms with Crippen molar-refractivity contribution in [3.63, 3.8) is 0 Å². The first kappa shape index (κ1) is 10.5. The van der Waals surface area contributed by atoms with Crippen LogP contribution in [0, 0.1) is 5.41 Å². The molecule has 0 aliphatic carbocycles. The smallest absolute Gasteiger partial charge is 0.310 e. The van der Waals surface area contributed by atoms with Gasteiger partial charge in [-0.3, -0.25) is 4.79 Å². The Kier molecular flexibility index (Phi) is 3.27. The molecule has 1 aliphatic heterocycles. The lowest BCUT2D eigenvalue weighted by Gasteiger charge is -2.19. The molecule has 1 fully saturated rings. The summed E-state index contributed by atoms with van der Waals surface area (Å²) in [7, 11) is 0. The van der Waals surface area contributed by atoms with Crippen molar-refractivity contribution >= 4 is 5.97 Å². The summed E-state index contributed by atoms with van der Waals surface area (Å²) in [5, 5.41) is 17.6. The van der Waals surface area contributed by atoms with E-state index in [1.54, 1.807) is 6.92 Å². The van der Waals surface area contributed by atoms with Crippen LogP contribution in [0.3, 0.4) is 0 Å². The van der Waals surface area contributed by atoms with Gasteiger partial charge in [-0.2, -0.15) is 0 Å². The topological polar surface area (TPSA) is 60.8 Å². The van der Waals surface area contributed by atoms with Gasteiger partial charge >= 0.3 is 5.97 Å². The zero-order chi connectivity index (χ0) is 9.90. The van der Waals surface area contributed by atoms with Gasteiger partial charge in [-0.1, -0.05) is 0 Å². The van der Waals surface area contributed by atoms with Gasteiger partial charge in [0.1, 0.15) is 0 Å². The van der Waals surface area contributed by atoms with Crippen molar-refractivity contribution in [2.45, 2.75) is 19.8 Å². The lowest BCUT2D eigenvalue weighted by Crippen LogP contribution is -2.32. The van der Waals surface area contributed by atoms with E-state index in [1.807, 2.05) is 0 Å². The number of carbonyl (C=O) groups is 1. The maximum Gasteiger partial charge on any atom is 0.310 e. The van der Waals surface area contributed by atoms with Crippen molar-refractivity contribution in [2.24, 2.45) is 5.41 Å². The van der Waals surface area contributed by atoms with Gasteiger partial charge in [0.25, 0.3) is 0 Å². The van der Waals surface area contributed by atoms with Gasteiger partial charge in [0.05, 0.1) is 5.41 Å². The van der Waals surface area contributed by atoms with Crippen molar-refractivity contribution in [2.75, 3.05) is 26.2 Å². The third kappa shape index (κ3) is 2.42. The molecule has 0 aromatic carbocycles. The number of aliphatic carboxylic acids is 1. The van der Waals surface area contributed by atoms with E-state index in [4.69, 9.17) is 10.2 Å². The summed E-state index contributed by atoms with van der Waals surface area (Å²) in [5.41, 5.74) is -0.574. The summed E-state index contributed by atoms with van der Waals surface area (Å²) in [5.74, 6) is -0.709. The molecule has 0 radical (unpaired) electrons. The number of likely N-dealkylation sites (tertiary alicyclic amines) is 1. The van der Waals surface area contributed by atoms with E-state index < -0.39 is 11.4 Å². The molecule has 0 bridgehead atoms. The number of carboxylic acid groups (broad SMARTS) is 1. The van der Waals surface area contributed by atoms with Crippen LogP contribution in [0.15, 0.2) is 0 Å². The molecule has 0 spiro atoms. The van der Waals surface area contributed by atoms with Gasteiger partial charge in [-0.15, -0.1) is 0 Å². The minimum absolute atomic E-state index is 0.181. The highest BCUT2D eigenvalue weighted by molar-refractivity contribution is 5.74. The van der Waals surface area contributed by atoms with E-state index in [0.717, 1.165) is 19.5 Å². The zero-order valence-electron chi connectivity index (χ0n) is 7.99. The Morgan fingerprint density at radius 3 is 2.77 bits per heavy atom. The van der Waals surface area contributed by atoms with Gasteiger partial charge in [0.2, 0.25) is 0 Å². The van der Waals surface area contributed by atoms with Crippen LogP contribution in [0.2, 0.25) is 0 Å². The van der Waals surface area contributed by atoms with E-state index in [0.29, 0.717) is 13.0 Å². The Balaban J connectivity index is 2.39. The van der Waals surface area contributed by atoms with Crippen LogP contribution in [0.5, 0.6) is 0 Å². The number of rotatable bonds is 4. The first-order valence-corrected chi connectivity index (χ1v) is 4.65. The van der Waals surface area contributed by atoms with Crippen LogP contribution in [0.1, 0.15) is 19.8 Å². The SMILES string of the molecule is CC1(C(=O)O)CCN(CCCO)C1. The standard InChI is InChI=1S/C9H17NO3/c1-9(8(12)13)3-5-10(7-9)4-2-6-11/h11H,2-7H2,1H3,(H,12,13). The molecular weight excluding hydrogens is 170 g/mol. The van der Waals surface area contributed by atoms with E-state index in [-0.39, 0.29) is 6.61 Å². The third-order valence-electron chi connectivity index (χ3n) is 2.70. The highest BCUT2D eigenvalue weighted by Gasteiger charge is 2.39. The van der Waals surface area contributed by atoms with Crippen molar-refractivity contribution in [1.29, 1.82) is 0 Å². The average Bonchev–Trinajstić information content (AvgIpc) is 2.45. The molecule has 0 aromatic heterocycles. The highest BCUT2D eigenvalue weighted by atomic mass is 16.4. The summed E-state index contributed by atoms with van der Waals surface area (Å²) < 4.78 is 0. The maximum absolute atomic E-state index is 10.9. The second-order valence-corrected chi connectivity index (χ2v) is 3.97. The van der Waals surface area contributed by atoms with Crippen LogP contribution < -0.4 is 0 Å². The van der Waals surface area contributed by atoms with Gasteiger partial charge in [0.15, 0.2) is 0 Å². The average molecular weight is 187 g/mol. The number of aliphatic hydroxyl groups excluding tert-OH is 1. The predicted octanol–water partition coefficient (Wildman–Crippen LogP) is 0.165. The summed E-state index contributed by atoms with van der Waals surface area (Å²) in [6.07, 6.45) is 1.45. The van der Waals surface area contributed by atoms with Gasteiger partial charge in [0, 0.05) is 19.7 Å². The molecule has 1 atom stereocenters. The summed E-state index contributed by atoms with van der Waals surface area (Å²) in [6, 6.07) is 0. The van der Waals surface area contributed by atoms with Gasteiger partial charge in [-0.25, -0.2) is 0 Å². The number of hydrogen-bond donors (Lipinski definition) is 2. The van der Waals surface area contributed by atoms with Crippen LogP contribution in [0.4, 0.5) is 0 Å². The molecule has 2 N–H and O–H groups in total. The molecule has 76 valence electrons. The summed E-state index contributed by atoms with van der Waals surface area (Å²) in [4.78, 5) is 13.0. The quantitative estimate of drug-likeness (QED) is 0.658. The maximum atomic E-state index is 10.9. The van der Waals surface area contributed by atoms with E-state index in [9.17, 15) is 4.79 Å². The number of aliphatic hydroxyl groups is 1. The lowest BCUT2D eigenvalue weighted by molar-refractivity contribution is -0.147. The first-order chi connectivity index (χ1) is 6.08. The third-order valence-corrected chi connectivity index (χ3v) is 2.70. The number of hydrogen-bond acceptors (Lipinski definition) is 3. The van der Waals surface area contributed by atoms with Crippen LogP contribution in [0.25, 0.3) is 0 Å². The normalized spacial score (nSPS) is 29.4. The minimum Gasteiger partial charge on any atom is -0.481 e. The Bertz CT molecular complexity index is 195. The Hall–Kier alpha value is -0.610. The van der Waals surface area contributed by atoms with Crippen molar-refractivity contribution in [3.8, 4) is 0 Å². The second-order valence-electron chi connectivity index (χ2n) is 3.97. The van der Waals surface area contributed by atoms with Gasteiger partial charge in [-0.05, 0) is 26.3 Å². The van der Waals surface area contributed by atoms with Crippen LogP contribution in [-0.2, 0) is 4.79 Å². The van der Waals surface area contributed by atoms with E-state index >= 15 is 0 Å². The van der Waals surface area contributed by atoms with Crippen molar-refractivity contribution in [3.05, 3.63) is 0 Å². The zero-order valence-corrected chi connectivity index (χ0v) is 7.99. The lowest BCUT2D eigenvalue weighted by atomic mass is 9.90. The van der Waals surface area contributed by atoms with Crippen LogP contribution in [-0.4, -0.2) is 47.3 Å². The van der Waals surface area contributed by atoms with Crippen molar-refractivity contribution < 1.29 is 15.0 Å². The molecular formula is C9H17NO3. The molecule has 0 amide bonds. The Morgan fingerprint density at radius 2 is 2.31 bits per heavy atom. The predicted molar refractivity (Wildman–Crippen MR) is 48.5 cm³/mol. The van der Waals surface area contributed by atoms with E-state index in [2.05, 4.69) is 4.90 Å². The molecule has 4 nitrogen and oxygen atoms in total. The van der Waals surface area contributed by atoms with E-state index in [1.165, 1.54) is 0 Å². The Morgan fingerprint density at radius 1 is 1.62 bits per heavy atom. The first-order valence-electron chi connectivity index (χ1n) is 4.65. The fraction of sp³-hybridized carbons (Fsp3) is 0.889. The number of nitrogens with zero attached hydrogens (tertiary/aromatic N) is 1. The minimum atomic E-state index is -0.709. The monoisotopic (exact) mass is 187 g/mol. The number of carboxylic acids is 1. The molecule has 1 rings (SSSR count). The largest absolute Gasteiger partial charge is 0.481 e. The van der Waals surface area contributed by atoms with Crippen LogP contribution >= 0.6 is 0 Å². The summed E-state index contributed by atoms with van der Waals surface area (Å²) in [6.45, 7) is 4.22. The molecule has 4 heteroatoms.